The second-order valence-corrected chi connectivity index (χ2v) is 7.94. The first-order valence-corrected chi connectivity index (χ1v) is 10.6. The van der Waals surface area contributed by atoms with Gasteiger partial charge in [0.15, 0.2) is 5.16 Å². The van der Waals surface area contributed by atoms with Crippen LogP contribution in [0.1, 0.15) is 49.5 Å². The van der Waals surface area contributed by atoms with E-state index >= 15 is 0 Å². The normalized spacial score (nSPS) is 14.9. The van der Waals surface area contributed by atoms with Crippen molar-refractivity contribution in [2.45, 2.75) is 57.1 Å². The Balaban J connectivity index is 1.41. The summed E-state index contributed by atoms with van der Waals surface area (Å²) in [5.74, 6) is 2.10. The molecule has 0 radical (unpaired) electrons. The van der Waals surface area contributed by atoms with Gasteiger partial charge in [-0.05, 0) is 44.4 Å². The van der Waals surface area contributed by atoms with Crippen LogP contribution in [-0.4, -0.2) is 39.6 Å². The molecule has 6 nitrogen and oxygen atoms in total. The SMILES string of the molecule is Cc1cccc(OCCNC(=O)CSc2nnc(C)n2C2CCCCC2)c1. The topological polar surface area (TPSA) is 69.0 Å². The molecule has 1 heterocycles. The maximum atomic E-state index is 12.1. The van der Waals surface area contributed by atoms with Crippen molar-refractivity contribution in [2.75, 3.05) is 18.9 Å². The third kappa shape index (κ3) is 5.73. The van der Waals surface area contributed by atoms with Crippen LogP contribution in [0.4, 0.5) is 0 Å². The minimum atomic E-state index is -0.0105. The molecule has 0 aliphatic heterocycles. The van der Waals surface area contributed by atoms with Gasteiger partial charge in [0, 0.05) is 6.04 Å². The zero-order valence-corrected chi connectivity index (χ0v) is 16.9. The quantitative estimate of drug-likeness (QED) is 0.552. The lowest BCUT2D eigenvalue weighted by atomic mass is 9.95. The van der Waals surface area contributed by atoms with E-state index in [-0.39, 0.29) is 5.91 Å². The van der Waals surface area contributed by atoms with Gasteiger partial charge in [-0.25, -0.2) is 0 Å². The molecule has 0 bridgehead atoms. The Kier molecular flexibility index (Phi) is 7.15. The van der Waals surface area contributed by atoms with Gasteiger partial charge in [0.1, 0.15) is 18.2 Å². The Morgan fingerprint density at radius 1 is 1.26 bits per heavy atom. The van der Waals surface area contributed by atoms with Crippen LogP contribution in [0.3, 0.4) is 0 Å². The van der Waals surface area contributed by atoms with Gasteiger partial charge < -0.3 is 14.6 Å². The van der Waals surface area contributed by atoms with Gasteiger partial charge in [0.25, 0.3) is 0 Å². The van der Waals surface area contributed by atoms with Crippen LogP contribution in [-0.2, 0) is 4.79 Å². The molecular weight excluding hydrogens is 360 g/mol. The minimum Gasteiger partial charge on any atom is -0.492 e. The van der Waals surface area contributed by atoms with Crippen molar-refractivity contribution < 1.29 is 9.53 Å². The highest BCUT2D eigenvalue weighted by Gasteiger charge is 2.21. The number of carbonyl (C=O) groups excluding carboxylic acids is 1. The van der Waals surface area contributed by atoms with E-state index < -0.39 is 0 Å². The minimum absolute atomic E-state index is 0.0105. The lowest BCUT2D eigenvalue weighted by Crippen LogP contribution is -2.29. The van der Waals surface area contributed by atoms with Crippen LogP contribution >= 0.6 is 11.8 Å². The molecule has 1 aliphatic rings. The summed E-state index contributed by atoms with van der Waals surface area (Å²) in [5.41, 5.74) is 1.16. The lowest BCUT2D eigenvalue weighted by molar-refractivity contribution is -0.118. The summed E-state index contributed by atoms with van der Waals surface area (Å²) in [6, 6.07) is 8.37. The molecule has 1 aromatic carbocycles. The van der Waals surface area contributed by atoms with Crippen molar-refractivity contribution in [1.82, 2.24) is 20.1 Å². The number of carbonyl (C=O) groups is 1. The fourth-order valence-corrected chi connectivity index (χ4v) is 4.33. The monoisotopic (exact) mass is 388 g/mol. The zero-order valence-electron chi connectivity index (χ0n) is 16.1. The molecule has 0 saturated heterocycles. The van der Waals surface area contributed by atoms with Crippen LogP contribution in [0.15, 0.2) is 29.4 Å². The summed E-state index contributed by atoms with van der Waals surface area (Å²) in [5, 5.41) is 12.3. The van der Waals surface area contributed by atoms with E-state index in [1.807, 2.05) is 38.1 Å². The molecule has 27 heavy (non-hydrogen) atoms. The van der Waals surface area contributed by atoms with Crippen molar-refractivity contribution in [3.8, 4) is 5.75 Å². The maximum Gasteiger partial charge on any atom is 0.230 e. The fourth-order valence-electron chi connectivity index (χ4n) is 3.45. The highest BCUT2D eigenvalue weighted by Crippen LogP contribution is 2.32. The molecule has 1 fully saturated rings. The number of nitrogens with zero attached hydrogens (tertiary/aromatic N) is 3. The molecule has 1 saturated carbocycles. The number of aromatic nitrogens is 3. The third-order valence-corrected chi connectivity index (χ3v) is 5.73. The number of nitrogens with one attached hydrogen (secondary N) is 1. The van der Waals surface area contributed by atoms with Crippen molar-refractivity contribution >= 4 is 17.7 Å². The van der Waals surface area contributed by atoms with E-state index in [0.29, 0.717) is 24.9 Å². The largest absolute Gasteiger partial charge is 0.492 e. The predicted octanol–water partition coefficient (Wildman–Crippen LogP) is 3.69. The highest BCUT2D eigenvalue weighted by atomic mass is 32.2. The Labute approximate surface area is 165 Å². The van der Waals surface area contributed by atoms with Gasteiger partial charge in [0.2, 0.25) is 5.91 Å². The van der Waals surface area contributed by atoms with Gasteiger partial charge in [-0.1, -0.05) is 43.2 Å². The summed E-state index contributed by atoms with van der Waals surface area (Å²) in [6.07, 6.45) is 6.18. The number of amides is 1. The Bertz CT molecular complexity index is 756. The van der Waals surface area contributed by atoms with Gasteiger partial charge in [-0.2, -0.15) is 0 Å². The number of benzene rings is 1. The van der Waals surface area contributed by atoms with Crippen LogP contribution in [0.25, 0.3) is 0 Å². The summed E-state index contributed by atoms with van der Waals surface area (Å²) >= 11 is 1.46. The van der Waals surface area contributed by atoms with Crippen molar-refractivity contribution in [3.63, 3.8) is 0 Å². The number of aryl methyl sites for hydroxylation is 2. The first-order chi connectivity index (χ1) is 13.1. The number of hydrogen-bond acceptors (Lipinski definition) is 5. The van der Waals surface area contributed by atoms with Crippen molar-refractivity contribution in [2.24, 2.45) is 0 Å². The van der Waals surface area contributed by atoms with E-state index in [1.165, 1.54) is 43.9 Å². The third-order valence-electron chi connectivity index (χ3n) is 4.79. The van der Waals surface area contributed by atoms with E-state index in [4.69, 9.17) is 4.74 Å². The Morgan fingerprint density at radius 3 is 2.85 bits per heavy atom. The molecule has 1 aliphatic carbocycles. The molecule has 1 amide bonds. The van der Waals surface area contributed by atoms with Gasteiger partial charge in [-0.3, -0.25) is 4.79 Å². The van der Waals surface area contributed by atoms with E-state index in [0.717, 1.165) is 22.3 Å². The smallest absolute Gasteiger partial charge is 0.230 e. The number of ether oxygens (including phenoxy) is 1. The molecule has 0 unspecified atom stereocenters. The molecule has 2 aromatic rings. The molecular formula is C20H28N4O2S. The highest BCUT2D eigenvalue weighted by molar-refractivity contribution is 7.99. The van der Waals surface area contributed by atoms with E-state index in [1.54, 1.807) is 0 Å². The van der Waals surface area contributed by atoms with Crippen molar-refractivity contribution in [1.29, 1.82) is 0 Å². The average Bonchev–Trinajstić information content (AvgIpc) is 3.05. The molecule has 0 atom stereocenters. The molecule has 146 valence electrons. The molecule has 3 rings (SSSR count). The average molecular weight is 389 g/mol. The number of thioether (sulfide) groups is 1. The first-order valence-electron chi connectivity index (χ1n) is 9.64. The molecule has 1 N–H and O–H groups in total. The maximum absolute atomic E-state index is 12.1. The lowest BCUT2D eigenvalue weighted by Gasteiger charge is -2.24. The van der Waals surface area contributed by atoms with Crippen LogP contribution in [0.2, 0.25) is 0 Å². The zero-order chi connectivity index (χ0) is 19.1. The fraction of sp³-hybridized carbons (Fsp3) is 0.550. The van der Waals surface area contributed by atoms with Gasteiger partial charge in [0.05, 0.1) is 12.3 Å². The number of hydrogen-bond donors (Lipinski definition) is 1. The van der Waals surface area contributed by atoms with Crippen LogP contribution < -0.4 is 10.1 Å². The number of rotatable bonds is 8. The predicted molar refractivity (Wildman–Crippen MR) is 107 cm³/mol. The standard InChI is InChI=1S/C20H28N4O2S/c1-15-7-6-10-18(13-15)26-12-11-21-19(25)14-27-20-23-22-16(2)24(20)17-8-4-3-5-9-17/h6-7,10,13,17H,3-5,8-9,11-12,14H2,1-2H3,(H,21,25). The second kappa shape index (κ2) is 9.78. The summed E-state index contributed by atoms with van der Waals surface area (Å²) in [6.45, 7) is 4.97. The Morgan fingerprint density at radius 2 is 2.07 bits per heavy atom. The van der Waals surface area contributed by atoms with Crippen molar-refractivity contribution in [3.05, 3.63) is 35.7 Å². The van der Waals surface area contributed by atoms with E-state index in [2.05, 4.69) is 20.1 Å². The van der Waals surface area contributed by atoms with Gasteiger partial charge >= 0.3 is 0 Å². The van der Waals surface area contributed by atoms with E-state index in [9.17, 15) is 4.79 Å². The van der Waals surface area contributed by atoms with Crippen LogP contribution in [0.5, 0.6) is 5.75 Å². The van der Waals surface area contributed by atoms with Gasteiger partial charge in [-0.15, -0.1) is 10.2 Å². The van der Waals surface area contributed by atoms with Crippen LogP contribution in [0, 0.1) is 13.8 Å². The molecule has 0 spiro atoms. The summed E-state index contributed by atoms with van der Waals surface area (Å²) < 4.78 is 7.87. The molecule has 1 aromatic heterocycles. The summed E-state index contributed by atoms with van der Waals surface area (Å²) in [7, 11) is 0. The summed E-state index contributed by atoms with van der Waals surface area (Å²) in [4.78, 5) is 12.1. The molecule has 7 heteroatoms. The Hall–Kier alpha value is -2.02. The second-order valence-electron chi connectivity index (χ2n) is 7.00. The first kappa shape index (κ1) is 19.7.